The fraction of sp³-hybridized carbons (Fsp3) is 0.300. The molecule has 0 spiro atoms. The SMILES string of the molecule is O=C(O)[C@H]1C[C@@H]1c1cccc(F)c1. The predicted octanol–water partition coefficient (Wildman–Crippen LogP) is 2.01. The Morgan fingerprint density at radius 3 is 2.85 bits per heavy atom. The Morgan fingerprint density at radius 2 is 2.31 bits per heavy atom. The van der Waals surface area contributed by atoms with Gasteiger partial charge in [-0.2, -0.15) is 0 Å². The van der Waals surface area contributed by atoms with E-state index in [1.807, 2.05) is 0 Å². The molecule has 1 aliphatic rings. The van der Waals surface area contributed by atoms with Gasteiger partial charge < -0.3 is 5.11 Å². The molecule has 0 unspecified atom stereocenters. The van der Waals surface area contributed by atoms with E-state index in [1.165, 1.54) is 12.1 Å². The molecule has 2 atom stereocenters. The van der Waals surface area contributed by atoms with Crippen LogP contribution in [0.25, 0.3) is 0 Å². The highest BCUT2D eigenvalue weighted by Gasteiger charge is 2.44. The zero-order valence-corrected chi connectivity index (χ0v) is 6.90. The third-order valence-electron chi connectivity index (χ3n) is 2.38. The van der Waals surface area contributed by atoms with Crippen molar-refractivity contribution in [1.82, 2.24) is 0 Å². The molecule has 68 valence electrons. The number of carboxylic acids is 1. The van der Waals surface area contributed by atoms with E-state index in [9.17, 15) is 9.18 Å². The predicted molar refractivity (Wildman–Crippen MR) is 44.9 cm³/mol. The average Bonchev–Trinajstić information content (AvgIpc) is 2.82. The third-order valence-corrected chi connectivity index (χ3v) is 2.38. The number of hydrogen-bond donors (Lipinski definition) is 1. The fourth-order valence-electron chi connectivity index (χ4n) is 1.57. The minimum Gasteiger partial charge on any atom is -0.481 e. The topological polar surface area (TPSA) is 37.3 Å². The second-order valence-corrected chi connectivity index (χ2v) is 3.34. The van der Waals surface area contributed by atoms with Crippen LogP contribution < -0.4 is 0 Å². The molecule has 2 nitrogen and oxygen atoms in total. The zero-order valence-electron chi connectivity index (χ0n) is 6.90. The molecular weight excluding hydrogens is 171 g/mol. The summed E-state index contributed by atoms with van der Waals surface area (Å²) in [7, 11) is 0. The number of aliphatic carboxylic acids is 1. The fourth-order valence-corrected chi connectivity index (χ4v) is 1.57. The second kappa shape index (κ2) is 2.83. The molecule has 0 aromatic heterocycles. The van der Waals surface area contributed by atoms with Crippen molar-refractivity contribution in [3.05, 3.63) is 35.6 Å². The smallest absolute Gasteiger partial charge is 0.307 e. The highest BCUT2D eigenvalue weighted by molar-refractivity contribution is 5.75. The van der Waals surface area contributed by atoms with Crippen molar-refractivity contribution in [3.8, 4) is 0 Å². The van der Waals surface area contributed by atoms with Gasteiger partial charge in [-0.05, 0) is 30.0 Å². The van der Waals surface area contributed by atoms with Crippen LogP contribution in [0.1, 0.15) is 17.9 Å². The van der Waals surface area contributed by atoms with E-state index < -0.39 is 5.97 Å². The van der Waals surface area contributed by atoms with Crippen molar-refractivity contribution in [2.45, 2.75) is 12.3 Å². The Hall–Kier alpha value is -1.38. The number of rotatable bonds is 2. The van der Waals surface area contributed by atoms with Crippen molar-refractivity contribution < 1.29 is 14.3 Å². The van der Waals surface area contributed by atoms with Crippen LogP contribution in [0.5, 0.6) is 0 Å². The lowest BCUT2D eigenvalue weighted by Crippen LogP contribution is -1.98. The normalized spacial score (nSPS) is 25.6. The molecule has 13 heavy (non-hydrogen) atoms. The van der Waals surface area contributed by atoms with Gasteiger partial charge in [0.05, 0.1) is 5.92 Å². The van der Waals surface area contributed by atoms with E-state index in [1.54, 1.807) is 12.1 Å². The van der Waals surface area contributed by atoms with E-state index >= 15 is 0 Å². The molecule has 1 aliphatic carbocycles. The second-order valence-electron chi connectivity index (χ2n) is 3.34. The summed E-state index contributed by atoms with van der Waals surface area (Å²) in [5.74, 6) is -1.36. The van der Waals surface area contributed by atoms with E-state index in [4.69, 9.17) is 5.11 Å². The quantitative estimate of drug-likeness (QED) is 0.755. The van der Waals surface area contributed by atoms with Gasteiger partial charge in [0.25, 0.3) is 0 Å². The van der Waals surface area contributed by atoms with Gasteiger partial charge in [0, 0.05) is 0 Å². The van der Waals surface area contributed by atoms with E-state index in [0.29, 0.717) is 6.42 Å². The van der Waals surface area contributed by atoms with Crippen LogP contribution in [0.3, 0.4) is 0 Å². The summed E-state index contributed by atoms with van der Waals surface area (Å²) in [6.07, 6.45) is 0.638. The Labute approximate surface area is 75.0 Å². The van der Waals surface area contributed by atoms with Gasteiger partial charge in [0.1, 0.15) is 5.82 Å². The molecule has 0 radical (unpaired) electrons. The van der Waals surface area contributed by atoms with Crippen molar-refractivity contribution >= 4 is 5.97 Å². The van der Waals surface area contributed by atoms with E-state index in [-0.39, 0.29) is 17.7 Å². The van der Waals surface area contributed by atoms with Gasteiger partial charge >= 0.3 is 5.97 Å². The minimum atomic E-state index is -0.783. The van der Waals surface area contributed by atoms with Gasteiger partial charge in [-0.1, -0.05) is 12.1 Å². The molecule has 1 aromatic rings. The highest BCUT2D eigenvalue weighted by Crippen LogP contribution is 2.47. The van der Waals surface area contributed by atoms with E-state index in [0.717, 1.165) is 5.56 Å². The molecule has 0 saturated heterocycles. The van der Waals surface area contributed by atoms with E-state index in [2.05, 4.69) is 0 Å². The number of carboxylic acid groups (broad SMARTS) is 1. The summed E-state index contributed by atoms with van der Waals surface area (Å²) in [6, 6.07) is 6.16. The maximum absolute atomic E-state index is 12.7. The van der Waals surface area contributed by atoms with Gasteiger partial charge in [-0.25, -0.2) is 4.39 Å². The largest absolute Gasteiger partial charge is 0.481 e. The molecule has 0 amide bonds. The van der Waals surface area contributed by atoms with Crippen LogP contribution in [0.2, 0.25) is 0 Å². The van der Waals surface area contributed by atoms with Crippen LogP contribution in [0.15, 0.2) is 24.3 Å². The molecule has 1 fully saturated rings. The van der Waals surface area contributed by atoms with Crippen LogP contribution in [0.4, 0.5) is 4.39 Å². The first-order valence-electron chi connectivity index (χ1n) is 4.17. The summed E-state index contributed by atoms with van der Waals surface area (Å²) in [5.41, 5.74) is 0.799. The van der Waals surface area contributed by atoms with Crippen molar-refractivity contribution in [3.63, 3.8) is 0 Å². The monoisotopic (exact) mass is 180 g/mol. The van der Waals surface area contributed by atoms with Gasteiger partial charge in [-0.15, -0.1) is 0 Å². The Balaban J connectivity index is 2.16. The van der Waals surface area contributed by atoms with Crippen LogP contribution in [0, 0.1) is 11.7 Å². The van der Waals surface area contributed by atoms with Crippen LogP contribution >= 0.6 is 0 Å². The van der Waals surface area contributed by atoms with Gasteiger partial charge in [0.15, 0.2) is 0 Å². The highest BCUT2D eigenvalue weighted by atomic mass is 19.1. The minimum absolute atomic E-state index is 0.0215. The van der Waals surface area contributed by atoms with Crippen molar-refractivity contribution in [2.24, 2.45) is 5.92 Å². The molecule has 1 N–H and O–H groups in total. The molecule has 0 heterocycles. The Kier molecular flexibility index (Phi) is 1.79. The lowest BCUT2D eigenvalue weighted by atomic mass is 10.1. The first-order chi connectivity index (χ1) is 6.18. The molecule has 0 bridgehead atoms. The number of halogens is 1. The maximum atomic E-state index is 12.7. The standard InChI is InChI=1S/C10H9FO2/c11-7-3-1-2-6(4-7)8-5-9(8)10(12)13/h1-4,8-9H,5H2,(H,12,13)/t8-,9+/m1/s1. The third kappa shape index (κ3) is 1.54. The lowest BCUT2D eigenvalue weighted by Gasteiger charge is -1.97. The molecule has 2 rings (SSSR count). The number of benzene rings is 1. The maximum Gasteiger partial charge on any atom is 0.307 e. The summed E-state index contributed by atoms with van der Waals surface area (Å²) >= 11 is 0. The summed E-state index contributed by atoms with van der Waals surface area (Å²) in [5, 5.41) is 8.66. The van der Waals surface area contributed by atoms with Crippen LogP contribution in [-0.2, 0) is 4.79 Å². The first-order valence-corrected chi connectivity index (χ1v) is 4.17. The molecule has 3 heteroatoms. The average molecular weight is 180 g/mol. The first kappa shape index (κ1) is 8.23. The molecule has 0 aliphatic heterocycles. The lowest BCUT2D eigenvalue weighted by molar-refractivity contribution is -0.138. The summed E-state index contributed by atoms with van der Waals surface area (Å²) < 4.78 is 12.7. The molecular formula is C10H9FO2. The van der Waals surface area contributed by atoms with Crippen molar-refractivity contribution in [1.29, 1.82) is 0 Å². The van der Waals surface area contributed by atoms with Crippen LogP contribution in [-0.4, -0.2) is 11.1 Å². The Bertz CT molecular complexity index is 349. The summed E-state index contributed by atoms with van der Waals surface area (Å²) in [6.45, 7) is 0. The Morgan fingerprint density at radius 1 is 1.54 bits per heavy atom. The van der Waals surface area contributed by atoms with Crippen molar-refractivity contribution in [2.75, 3.05) is 0 Å². The zero-order chi connectivity index (χ0) is 9.42. The summed E-state index contributed by atoms with van der Waals surface area (Å²) in [4.78, 5) is 10.5. The van der Waals surface area contributed by atoms with Gasteiger partial charge in [0.2, 0.25) is 0 Å². The van der Waals surface area contributed by atoms with Gasteiger partial charge in [-0.3, -0.25) is 4.79 Å². The number of hydrogen-bond acceptors (Lipinski definition) is 1. The molecule has 1 saturated carbocycles. The molecule has 1 aromatic carbocycles. The number of carbonyl (C=O) groups is 1.